The SMILES string of the molecule is CC(C)(C)c1ccc2c(c1)c1cc(C(C)(C)C)ccc1n2-c1cc(C#N)c2oc3c(-c4cc(-c5ccccc5)nc(-c5ccccc5)n4)cccc3c2c1-n1c2ccc(C(C)(C)C)cc2c2cc(C(C)(C)C)ccc21. The largest absolute Gasteiger partial charge is 0.454 e. The van der Waals surface area contributed by atoms with Crippen molar-refractivity contribution in [2.24, 2.45) is 0 Å². The van der Waals surface area contributed by atoms with Gasteiger partial charge in [0.05, 0.1) is 55.8 Å². The fourth-order valence-corrected chi connectivity index (χ4v) is 11.1. The van der Waals surface area contributed by atoms with Crippen LogP contribution in [0.1, 0.15) is 111 Å². The molecule has 75 heavy (non-hydrogen) atoms. The van der Waals surface area contributed by atoms with Gasteiger partial charge in [-0.25, -0.2) is 9.97 Å². The van der Waals surface area contributed by atoms with Crippen molar-refractivity contribution < 1.29 is 4.42 Å². The van der Waals surface area contributed by atoms with Crippen molar-refractivity contribution in [1.82, 2.24) is 19.1 Å². The number of hydrogen-bond acceptors (Lipinski definition) is 4. The molecule has 4 aromatic heterocycles. The Morgan fingerprint density at radius 3 is 1.31 bits per heavy atom. The average molecular weight is 978 g/mol. The minimum absolute atomic E-state index is 0.0795. The first-order chi connectivity index (χ1) is 35.7. The maximum absolute atomic E-state index is 11.5. The van der Waals surface area contributed by atoms with E-state index in [2.05, 4.69) is 214 Å². The first-order valence-corrected chi connectivity index (χ1v) is 26.3. The Bertz CT molecular complexity index is 4120. The van der Waals surface area contributed by atoms with Crippen LogP contribution in [0.5, 0.6) is 0 Å². The van der Waals surface area contributed by atoms with Gasteiger partial charge in [0.1, 0.15) is 11.7 Å². The van der Waals surface area contributed by atoms with Gasteiger partial charge < -0.3 is 13.6 Å². The van der Waals surface area contributed by atoms with Crippen LogP contribution in [0.3, 0.4) is 0 Å². The average Bonchev–Trinajstić information content (AvgIpc) is 4.08. The van der Waals surface area contributed by atoms with Crippen LogP contribution in [-0.4, -0.2) is 19.1 Å². The normalized spacial score (nSPS) is 12.8. The summed E-state index contributed by atoms with van der Waals surface area (Å²) in [5, 5.41) is 17.9. The third-order valence-corrected chi connectivity index (χ3v) is 15.4. The van der Waals surface area contributed by atoms with Crippen molar-refractivity contribution in [2.45, 2.75) is 105 Å². The zero-order chi connectivity index (χ0) is 52.5. The van der Waals surface area contributed by atoms with E-state index in [-0.39, 0.29) is 21.7 Å². The standard InChI is InChI=1S/C69H63N5O/c1-66(2,3)44-26-30-56-50(35-44)51-36-45(67(4,5)6)27-31-57(51)73(56)60-34-43(40-70)63-61(62(60)74-58-32-28-46(68(7,8)9)37-52(58)53-38-47(69(10,11)12)29-33-59(53)74)49-25-19-24-48(64(49)75-63)55-39-54(41-20-15-13-16-21-41)71-65(72-55)42-22-17-14-18-23-42/h13-39H,1-12H3. The Labute approximate surface area is 439 Å². The number of aromatic nitrogens is 4. The number of benzene rings is 8. The van der Waals surface area contributed by atoms with E-state index in [9.17, 15) is 5.26 Å². The van der Waals surface area contributed by atoms with Crippen molar-refractivity contribution in [3.05, 3.63) is 192 Å². The molecule has 0 aliphatic heterocycles. The lowest BCUT2D eigenvalue weighted by Crippen LogP contribution is -2.11. The molecule has 0 amide bonds. The van der Waals surface area contributed by atoms with Crippen LogP contribution < -0.4 is 0 Å². The van der Waals surface area contributed by atoms with Crippen LogP contribution in [-0.2, 0) is 21.7 Å². The highest BCUT2D eigenvalue weighted by Gasteiger charge is 2.30. The van der Waals surface area contributed by atoms with Crippen LogP contribution >= 0.6 is 0 Å². The molecular weight excluding hydrogens is 915 g/mol. The highest BCUT2D eigenvalue weighted by atomic mass is 16.3. The molecule has 12 rings (SSSR count). The summed E-state index contributed by atoms with van der Waals surface area (Å²) >= 11 is 0. The van der Waals surface area contributed by atoms with E-state index in [1.165, 1.54) is 43.8 Å². The lowest BCUT2D eigenvalue weighted by Gasteiger charge is -2.21. The molecule has 0 aliphatic rings. The molecule has 8 aromatic carbocycles. The second-order valence-electron chi connectivity index (χ2n) is 24.7. The van der Waals surface area contributed by atoms with Crippen LogP contribution in [0.15, 0.2) is 168 Å². The number of rotatable bonds is 5. The summed E-state index contributed by atoms with van der Waals surface area (Å²) in [7, 11) is 0. The molecule has 370 valence electrons. The van der Waals surface area contributed by atoms with Crippen LogP contribution in [0.4, 0.5) is 0 Å². The van der Waals surface area contributed by atoms with E-state index in [0.717, 1.165) is 72.3 Å². The number of para-hydroxylation sites is 1. The number of fused-ring (bicyclic) bond motifs is 9. The molecular formula is C69H63N5O. The van der Waals surface area contributed by atoms with Crippen molar-refractivity contribution >= 4 is 65.6 Å². The van der Waals surface area contributed by atoms with Crippen molar-refractivity contribution in [2.75, 3.05) is 0 Å². The molecule has 0 saturated heterocycles. The van der Waals surface area contributed by atoms with Gasteiger partial charge in [-0.1, -0.05) is 180 Å². The van der Waals surface area contributed by atoms with Gasteiger partial charge in [-0.2, -0.15) is 5.26 Å². The molecule has 6 nitrogen and oxygen atoms in total. The molecule has 0 unspecified atom stereocenters. The molecule has 0 spiro atoms. The zero-order valence-corrected chi connectivity index (χ0v) is 45.2. The first kappa shape index (κ1) is 47.7. The van der Waals surface area contributed by atoms with Gasteiger partial charge in [-0.05, 0) is 111 Å². The summed E-state index contributed by atoms with van der Waals surface area (Å²) in [4.78, 5) is 10.4. The zero-order valence-electron chi connectivity index (χ0n) is 45.2. The smallest absolute Gasteiger partial charge is 0.160 e. The van der Waals surface area contributed by atoms with Gasteiger partial charge in [-0.3, -0.25) is 0 Å². The van der Waals surface area contributed by atoms with Gasteiger partial charge in [0.25, 0.3) is 0 Å². The van der Waals surface area contributed by atoms with Crippen LogP contribution in [0.2, 0.25) is 0 Å². The van der Waals surface area contributed by atoms with Crippen molar-refractivity contribution in [3.63, 3.8) is 0 Å². The molecule has 6 heteroatoms. The van der Waals surface area contributed by atoms with E-state index in [4.69, 9.17) is 14.4 Å². The quantitative estimate of drug-likeness (QED) is 0.172. The Morgan fingerprint density at radius 2 is 0.853 bits per heavy atom. The van der Waals surface area contributed by atoms with Gasteiger partial charge in [0.2, 0.25) is 0 Å². The predicted molar refractivity (Wildman–Crippen MR) is 314 cm³/mol. The third kappa shape index (κ3) is 7.91. The van der Waals surface area contributed by atoms with Crippen LogP contribution in [0, 0.1) is 11.3 Å². The molecule has 0 fully saturated rings. The fraction of sp³-hybridized carbons (Fsp3) is 0.232. The van der Waals surface area contributed by atoms with Gasteiger partial charge >= 0.3 is 0 Å². The summed E-state index contributed by atoms with van der Waals surface area (Å²) < 4.78 is 12.2. The number of nitriles is 1. The summed E-state index contributed by atoms with van der Waals surface area (Å²) in [5.74, 6) is 0.617. The maximum atomic E-state index is 11.5. The fourth-order valence-electron chi connectivity index (χ4n) is 11.1. The molecule has 0 aliphatic carbocycles. The van der Waals surface area contributed by atoms with E-state index >= 15 is 0 Å². The van der Waals surface area contributed by atoms with Crippen molar-refractivity contribution in [1.29, 1.82) is 5.26 Å². The topological polar surface area (TPSA) is 72.6 Å². The van der Waals surface area contributed by atoms with E-state index < -0.39 is 0 Å². The summed E-state index contributed by atoms with van der Waals surface area (Å²) in [6, 6.07) is 61.4. The molecule has 12 aromatic rings. The number of hydrogen-bond donors (Lipinski definition) is 0. The molecule has 4 heterocycles. The Kier molecular flexibility index (Phi) is 10.7. The van der Waals surface area contributed by atoms with Gasteiger partial charge in [0.15, 0.2) is 11.4 Å². The minimum atomic E-state index is -0.0865. The second kappa shape index (κ2) is 16.9. The van der Waals surface area contributed by atoms with Crippen molar-refractivity contribution in [3.8, 4) is 51.3 Å². The Balaban J connectivity index is 1.27. The molecule has 0 bridgehead atoms. The first-order valence-electron chi connectivity index (χ1n) is 26.3. The molecule has 0 radical (unpaired) electrons. The lowest BCUT2D eigenvalue weighted by atomic mass is 9.85. The molecule has 0 atom stereocenters. The van der Waals surface area contributed by atoms with Gasteiger partial charge in [0, 0.05) is 43.6 Å². The Hall–Kier alpha value is -8.27. The summed E-state index contributed by atoms with van der Waals surface area (Å²) in [6.07, 6.45) is 0. The monoisotopic (exact) mass is 978 g/mol. The Morgan fingerprint density at radius 1 is 0.413 bits per heavy atom. The molecule has 0 N–H and O–H groups in total. The summed E-state index contributed by atoms with van der Waals surface area (Å²) in [5.41, 5.74) is 16.7. The van der Waals surface area contributed by atoms with Crippen LogP contribution in [0.25, 0.3) is 111 Å². The highest BCUT2D eigenvalue weighted by molar-refractivity contribution is 6.20. The second-order valence-corrected chi connectivity index (χ2v) is 24.7. The highest BCUT2D eigenvalue weighted by Crippen LogP contribution is 2.48. The lowest BCUT2D eigenvalue weighted by molar-refractivity contribution is 0.590. The number of furan rings is 1. The summed E-state index contributed by atoms with van der Waals surface area (Å²) in [6.45, 7) is 27.4. The van der Waals surface area contributed by atoms with E-state index in [1.807, 2.05) is 48.5 Å². The van der Waals surface area contributed by atoms with E-state index in [0.29, 0.717) is 22.6 Å². The minimum Gasteiger partial charge on any atom is -0.454 e. The van der Waals surface area contributed by atoms with E-state index in [1.54, 1.807) is 0 Å². The van der Waals surface area contributed by atoms with Gasteiger partial charge in [-0.15, -0.1) is 0 Å². The maximum Gasteiger partial charge on any atom is 0.160 e. The molecule has 0 saturated carbocycles. The third-order valence-electron chi connectivity index (χ3n) is 15.4. The predicted octanol–water partition coefficient (Wildman–Crippen LogP) is 18.6. The number of nitrogens with zero attached hydrogens (tertiary/aromatic N) is 5.